The van der Waals surface area contributed by atoms with Gasteiger partial charge in [-0.25, -0.2) is 0 Å². The Balaban J connectivity index is 3.06. The van der Waals surface area contributed by atoms with Gasteiger partial charge in [-0.05, 0) is 13.8 Å². The van der Waals surface area contributed by atoms with Gasteiger partial charge in [-0.3, -0.25) is 0 Å². The number of ether oxygens (including phenoxy) is 1. The Labute approximate surface area is 60.3 Å². The molecule has 56 valence electrons. The van der Waals surface area contributed by atoms with E-state index in [0.29, 0.717) is 0 Å². The molecule has 1 heterocycles. The van der Waals surface area contributed by atoms with Crippen molar-refractivity contribution in [2.75, 3.05) is 7.05 Å². The fourth-order valence-electron chi connectivity index (χ4n) is 0.901. The third kappa shape index (κ3) is 0.818. The molecule has 1 rings (SSSR count). The van der Waals surface area contributed by atoms with Gasteiger partial charge in [0.2, 0.25) is 5.71 Å². The number of hydrogen-bond donors (Lipinski definition) is 0. The van der Waals surface area contributed by atoms with Crippen LogP contribution in [-0.4, -0.2) is 29.0 Å². The summed E-state index contributed by atoms with van der Waals surface area (Å²) in [5, 5.41) is 0. The van der Waals surface area contributed by atoms with Crippen molar-refractivity contribution < 1.29 is 14.1 Å². The molecule has 3 heteroatoms. The standard InChI is InChI=1S/C7H12NO2/c1-5-7(2,3)10-6(9)8(5)4/h1-4H3/q+1. The quantitative estimate of drug-likeness (QED) is 0.472. The number of rotatable bonds is 0. The lowest BCUT2D eigenvalue weighted by Crippen LogP contribution is -2.28. The topological polar surface area (TPSA) is 29.3 Å². The van der Waals surface area contributed by atoms with Crippen LogP contribution < -0.4 is 0 Å². The van der Waals surface area contributed by atoms with Gasteiger partial charge in [-0.15, -0.1) is 4.58 Å². The lowest BCUT2D eigenvalue weighted by molar-refractivity contribution is -0.399. The van der Waals surface area contributed by atoms with Crippen molar-refractivity contribution in [2.45, 2.75) is 26.4 Å². The van der Waals surface area contributed by atoms with Gasteiger partial charge >= 0.3 is 6.09 Å². The highest BCUT2D eigenvalue weighted by molar-refractivity contribution is 5.93. The summed E-state index contributed by atoms with van der Waals surface area (Å²) in [4.78, 5) is 10.9. The molecule has 0 aromatic rings. The van der Waals surface area contributed by atoms with Crippen LogP contribution in [0.1, 0.15) is 20.8 Å². The summed E-state index contributed by atoms with van der Waals surface area (Å²) in [6.07, 6.45) is -0.262. The third-order valence-electron chi connectivity index (χ3n) is 1.99. The first kappa shape index (κ1) is 7.25. The lowest BCUT2D eigenvalue weighted by atomic mass is 10.1. The van der Waals surface area contributed by atoms with E-state index in [2.05, 4.69) is 0 Å². The smallest absolute Gasteiger partial charge is 0.395 e. The van der Waals surface area contributed by atoms with Crippen molar-refractivity contribution in [1.82, 2.24) is 0 Å². The zero-order valence-corrected chi connectivity index (χ0v) is 6.76. The Bertz CT molecular complexity index is 216. The van der Waals surface area contributed by atoms with Crippen LogP contribution in [0.3, 0.4) is 0 Å². The second-order valence-electron chi connectivity index (χ2n) is 3.02. The number of carbonyl (C=O) groups excluding carboxylic acids is 1. The van der Waals surface area contributed by atoms with Crippen LogP contribution in [-0.2, 0) is 4.74 Å². The molecule has 0 N–H and O–H groups in total. The highest BCUT2D eigenvalue weighted by Gasteiger charge is 2.43. The number of amides is 1. The normalized spacial score (nSPS) is 23.4. The molecule has 1 aliphatic rings. The fourth-order valence-corrected chi connectivity index (χ4v) is 0.901. The number of hydrogen-bond acceptors (Lipinski definition) is 2. The summed E-state index contributed by atoms with van der Waals surface area (Å²) in [6, 6.07) is 0. The first-order chi connectivity index (χ1) is 4.45. The Hall–Kier alpha value is -0.860. The van der Waals surface area contributed by atoms with Crippen LogP contribution in [0.4, 0.5) is 4.79 Å². The molecule has 0 radical (unpaired) electrons. The number of carbonyl (C=O) groups is 1. The molecule has 0 aliphatic carbocycles. The molecular weight excluding hydrogens is 130 g/mol. The number of nitrogens with zero attached hydrogens (tertiary/aromatic N) is 1. The molecule has 0 saturated heterocycles. The largest absolute Gasteiger partial charge is 0.597 e. The monoisotopic (exact) mass is 142 g/mol. The maximum absolute atomic E-state index is 10.9. The van der Waals surface area contributed by atoms with Crippen molar-refractivity contribution >= 4 is 11.8 Å². The van der Waals surface area contributed by atoms with E-state index in [-0.39, 0.29) is 6.09 Å². The van der Waals surface area contributed by atoms with Gasteiger partial charge in [0.1, 0.15) is 7.05 Å². The molecule has 0 aromatic heterocycles. The van der Waals surface area contributed by atoms with E-state index in [0.717, 1.165) is 5.71 Å². The Morgan fingerprint density at radius 1 is 1.50 bits per heavy atom. The minimum absolute atomic E-state index is 0.262. The van der Waals surface area contributed by atoms with Crippen LogP contribution in [0.15, 0.2) is 0 Å². The summed E-state index contributed by atoms with van der Waals surface area (Å²) >= 11 is 0. The van der Waals surface area contributed by atoms with Crippen LogP contribution >= 0.6 is 0 Å². The zero-order valence-electron chi connectivity index (χ0n) is 6.76. The van der Waals surface area contributed by atoms with Crippen molar-refractivity contribution in [3.8, 4) is 0 Å². The molecule has 0 atom stereocenters. The zero-order chi connectivity index (χ0) is 7.94. The van der Waals surface area contributed by atoms with Gasteiger partial charge in [0, 0.05) is 6.92 Å². The van der Waals surface area contributed by atoms with Gasteiger partial charge in [-0.2, -0.15) is 4.79 Å². The fraction of sp³-hybridized carbons (Fsp3) is 0.714. The molecule has 0 bridgehead atoms. The second-order valence-corrected chi connectivity index (χ2v) is 3.02. The summed E-state index contributed by atoms with van der Waals surface area (Å²) in [5.41, 5.74) is 0.545. The van der Waals surface area contributed by atoms with E-state index in [4.69, 9.17) is 4.74 Å². The molecule has 0 spiro atoms. The average Bonchev–Trinajstić information content (AvgIpc) is 1.95. The minimum atomic E-state index is -0.411. The van der Waals surface area contributed by atoms with Crippen molar-refractivity contribution in [3.05, 3.63) is 0 Å². The predicted octanol–water partition coefficient (Wildman–Crippen LogP) is 1.02. The molecule has 0 fully saturated rings. The summed E-state index contributed by atoms with van der Waals surface area (Å²) < 4.78 is 6.55. The van der Waals surface area contributed by atoms with Crippen LogP contribution in [0.5, 0.6) is 0 Å². The van der Waals surface area contributed by atoms with Gasteiger partial charge in [-0.1, -0.05) is 0 Å². The van der Waals surface area contributed by atoms with Gasteiger partial charge in [0.15, 0.2) is 5.60 Å². The summed E-state index contributed by atoms with van der Waals surface area (Å²) in [5.74, 6) is 0. The van der Waals surface area contributed by atoms with Gasteiger partial charge < -0.3 is 4.74 Å². The molecule has 0 aromatic carbocycles. The number of cyclic esters (lactones) is 1. The molecule has 3 nitrogen and oxygen atoms in total. The van der Waals surface area contributed by atoms with Crippen molar-refractivity contribution in [2.24, 2.45) is 0 Å². The van der Waals surface area contributed by atoms with E-state index in [1.54, 1.807) is 7.05 Å². The second kappa shape index (κ2) is 1.81. The van der Waals surface area contributed by atoms with Crippen LogP contribution in [0.2, 0.25) is 0 Å². The predicted molar refractivity (Wildman–Crippen MR) is 37.4 cm³/mol. The van der Waals surface area contributed by atoms with Crippen LogP contribution in [0.25, 0.3) is 0 Å². The Kier molecular flexibility index (Phi) is 1.31. The maximum atomic E-state index is 10.9. The molecule has 1 amide bonds. The minimum Gasteiger partial charge on any atom is -0.395 e. The van der Waals surface area contributed by atoms with E-state index in [1.165, 1.54) is 4.58 Å². The highest BCUT2D eigenvalue weighted by atomic mass is 16.6. The summed E-state index contributed by atoms with van der Waals surface area (Å²) in [6.45, 7) is 5.65. The van der Waals surface area contributed by atoms with Crippen molar-refractivity contribution in [3.63, 3.8) is 0 Å². The van der Waals surface area contributed by atoms with Gasteiger partial charge in [0.25, 0.3) is 0 Å². The van der Waals surface area contributed by atoms with E-state index >= 15 is 0 Å². The highest BCUT2D eigenvalue weighted by Crippen LogP contribution is 2.17. The molecule has 0 saturated carbocycles. The maximum Gasteiger partial charge on any atom is 0.597 e. The van der Waals surface area contributed by atoms with Crippen molar-refractivity contribution in [1.29, 1.82) is 0 Å². The first-order valence-electron chi connectivity index (χ1n) is 3.26. The van der Waals surface area contributed by atoms with Crippen LogP contribution in [0, 0.1) is 0 Å². The SMILES string of the molecule is CC1=[N+](C)C(=O)OC1(C)C. The molecular formula is C7H12NO2+. The Morgan fingerprint density at radius 2 is 2.00 bits per heavy atom. The summed E-state index contributed by atoms with van der Waals surface area (Å²) in [7, 11) is 1.71. The van der Waals surface area contributed by atoms with E-state index < -0.39 is 5.60 Å². The Morgan fingerprint density at radius 3 is 2.10 bits per heavy atom. The first-order valence-corrected chi connectivity index (χ1v) is 3.26. The third-order valence-corrected chi connectivity index (χ3v) is 1.99. The average molecular weight is 142 g/mol. The molecule has 1 aliphatic heterocycles. The van der Waals surface area contributed by atoms with E-state index in [1.807, 2.05) is 20.8 Å². The molecule has 0 unspecified atom stereocenters. The lowest BCUT2D eigenvalue weighted by Gasteiger charge is -2.10. The molecule has 10 heavy (non-hydrogen) atoms. The van der Waals surface area contributed by atoms with Gasteiger partial charge in [0.05, 0.1) is 0 Å². The van der Waals surface area contributed by atoms with E-state index in [9.17, 15) is 4.79 Å².